The first-order chi connectivity index (χ1) is 11.5. The predicted molar refractivity (Wildman–Crippen MR) is 89.5 cm³/mol. The van der Waals surface area contributed by atoms with E-state index in [0.29, 0.717) is 5.75 Å². The average molecular weight is 328 g/mol. The maximum absolute atomic E-state index is 10.3. The predicted octanol–water partition coefficient (Wildman–Crippen LogP) is 3.16. The zero-order chi connectivity index (χ0) is 18.1. The second-order valence-electron chi connectivity index (χ2n) is 4.50. The Kier molecular flexibility index (Phi) is 6.78. The van der Waals surface area contributed by atoms with Gasteiger partial charge in [0, 0.05) is 11.5 Å². The maximum atomic E-state index is 10.3. The minimum absolute atomic E-state index is 0.160. The van der Waals surface area contributed by atoms with Crippen molar-refractivity contribution in [3.63, 3.8) is 0 Å². The van der Waals surface area contributed by atoms with Crippen LogP contribution in [0.1, 0.15) is 10.4 Å². The van der Waals surface area contributed by atoms with E-state index in [4.69, 9.17) is 20.1 Å². The van der Waals surface area contributed by atoms with Gasteiger partial charge in [-0.05, 0) is 23.6 Å². The molecule has 0 aliphatic carbocycles. The van der Waals surface area contributed by atoms with Crippen molar-refractivity contribution < 1.29 is 30.0 Å². The number of fused-ring (bicyclic) bond motifs is 1. The summed E-state index contributed by atoms with van der Waals surface area (Å²) in [4.78, 5) is 18.3. The van der Waals surface area contributed by atoms with Crippen molar-refractivity contribution in [2.45, 2.75) is 0 Å². The number of hydrogen-bond donors (Lipinski definition) is 4. The van der Waals surface area contributed by atoms with Gasteiger partial charge >= 0.3 is 5.97 Å². The Hall–Kier alpha value is -3.54. The van der Waals surface area contributed by atoms with E-state index in [-0.39, 0.29) is 11.3 Å². The smallest absolute Gasteiger partial charge is 0.339 e. The first kappa shape index (κ1) is 18.5. The van der Waals surface area contributed by atoms with E-state index in [1.54, 1.807) is 6.07 Å². The lowest BCUT2D eigenvalue weighted by Crippen LogP contribution is -1.95. The van der Waals surface area contributed by atoms with Crippen molar-refractivity contribution >= 4 is 23.5 Å². The third-order valence-electron chi connectivity index (χ3n) is 2.98. The van der Waals surface area contributed by atoms with Gasteiger partial charge in [0.1, 0.15) is 29.6 Å². The van der Waals surface area contributed by atoms with Crippen LogP contribution in [0, 0.1) is 0 Å². The molecule has 0 fully saturated rings. The maximum Gasteiger partial charge on any atom is 0.339 e. The number of benzene rings is 3. The van der Waals surface area contributed by atoms with Crippen molar-refractivity contribution in [1.29, 1.82) is 0 Å². The van der Waals surface area contributed by atoms with Crippen LogP contribution in [0.25, 0.3) is 10.8 Å². The number of rotatable bonds is 1. The second-order valence-corrected chi connectivity index (χ2v) is 4.50. The van der Waals surface area contributed by atoms with Gasteiger partial charge in [0.25, 0.3) is 0 Å². The summed E-state index contributed by atoms with van der Waals surface area (Å²) in [6.07, 6.45) is 0. The number of carboxylic acid groups (broad SMARTS) is 1. The molecular formula is C18H16O6. The van der Waals surface area contributed by atoms with Gasteiger partial charge in [-0.1, -0.05) is 36.4 Å². The lowest BCUT2D eigenvalue weighted by Gasteiger charge is -1.97. The first-order valence-corrected chi connectivity index (χ1v) is 6.70. The van der Waals surface area contributed by atoms with Crippen molar-refractivity contribution in [3.8, 4) is 17.2 Å². The molecule has 0 unspecified atom stereocenters. The van der Waals surface area contributed by atoms with Crippen LogP contribution in [0.2, 0.25) is 0 Å². The number of carbonyl (C=O) groups excluding carboxylic acids is 1. The Bertz CT molecular complexity index is 823. The Morgan fingerprint density at radius 3 is 2.00 bits per heavy atom. The molecule has 3 aromatic rings. The summed E-state index contributed by atoms with van der Waals surface area (Å²) in [6, 6.07) is 16.6. The molecule has 0 aliphatic rings. The summed E-state index contributed by atoms with van der Waals surface area (Å²) < 4.78 is 0. The fourth-order valence-electron chi connectivity index (χ4n) is 1.91. The van der Waals surface area contributed by atoms with Gasteiger partial charge in [-0.25, -0.2) is 4.79 Å². The van der Waals surface area contributed by atoms with Crippen LogP contribution in [0.15, 0.2) is 60.7 Å². The van der Waals surface area contributed by atoms with E-state index in [9.17, 15) is 9.90 Å². The minimum Gasteiger partial charge on any atom is -0.508 e. The molecule has 0 aromatic heterocycles. The number of hydrogen-bond acceptors (Lipinski definition) is 5. The molecule has 0 bridgehead atoms. The molecule has 0 amide bonds. The molecule has 0 radical (unpaired) electrons. The van der Waals surface area contributed by atoms with Crippen LogP contribution in [0.4, 0.5) is 0 Å². The minimum atomic E-state index is -1.22. The third-order valence-corrected chi connectivity index (χ3v) is 2.98. The van der Waals surface area contributed by atoms with Gasteiger partial charge in [-0.2, -0.15) is 0 Å². The summed E-state index contributed by atoms with van der Waals surface area (Å²) >= 11 is 0. The van der Waals surface area contributed by atoms with Gasteiger partial charge in [0.2, 0.25) is 0 Å². The summed E-state index contributed by atoms with van der Waals surface area (Å²) in [6.45, 7) is 2.00. The average Bonchev–Trinajstić information content (AvgIpc) is 2.57. The molecule has 0 aliphatic heterocycles. The molecule has 0 spiro atoms. The number of carbonyl (C=O) groups is 2. The molecule has 3 rings (SSSR count). The van der Waals surface area contributed by atoms with Crippen molar-refractivity contribution in [2.24, 2.45) is 0 Å². The van der Waals surface area contributed by atoms with Gasteiger partial charge < -0.3 is 25.2 Å². The van der Waals surface area contributed by atoms with Crippen molar-refractivity contribution in [2.75, 3.05) is 0 Å². The Morgan fingerprint density at radius 1 is 0.792 bits per heavy atom. The van der Waals surface area contributed by atoms with Crippen LogP contribution >= 0.6 is 0 Å². The topological polar surface area (TPSA) is 115 Å². The fraction of sp³-hybridized carbons (Fsp3) is 0. The van der Waals surface area contributed by atoms with E-state index < -0.39 is 11.7 Å². The van der Waals surface area contributed by atoms with Gasteiger partial charge in [0.05, 0.1) is 0 Å². The van der Waals surface area contributed by atoms with Gasteiger partial charge in [0.15, 0.2) is 0 Å². The van der Waals surface area contributed by atoms with Crippen molar-refractivity contribution in [1.82, 2.24) is 0 Å². The number of phenols is 3. The Morgan fingerprint density at radius 2 is 1.42 bits per heavy atom. The molecule has 24 heavy (non-hydrogen) atoms. The standard InChI is InChI=1S/C10H8O.C7H6O4.CH2O/c11-10-7-3-5-8-4-1-2-6-9(8)10;8-4-1-2-5(7(10)11)6(9)3-4;1-2/h1-7,11H;1-3,8-9H,(H,10,11);1H2. The van der Waals surface area contributed by atoms with E-state index in [1.165, 1.54) is 6.07 Å². The molecule has 0 saturated carbocycles. The highest BCUT2D eigenvalue weighted by Gasteiger charge is 2.08. The zero-order valence-electron chi connectivity index (χ0n) is 12.6. The van der Waals surface area contributed by atoms with Crippen LogP contribution in [-0.2, 0) is 4.79 Å². The highest BCUT2D eigenvalue weighted by atomic mass is 16.4. The molecule has 124 valence electrons. The molecule has 6 nitrogen and oxygen atoms in total. The van der Waals surface area contributed by atoms with E-state index in [2.05, 4.69) is 0 Å². The molecule has 6 heteroatoms. The van der Waals surface area contributed by atoms with Gasteiger partial charge in [-0.3, -0.25) is 0 Å². The van der Waals surface area contributed by atoms with Gasteiger partial charge in [-0.15, -0.1) is 0 Å². The van der Waals surface area contributed by atoms with Crippen LogP contribution in [0.3, 0.4) is 0 Å². The molecule has 4 N–H and O–H groups in total. The van der Waals surface area contributed by atoms with E-state index in [0.717, 1.165) is 22.9 Å². The Labute approximate surface area is 137 Å². The van der Waals surface area contributed by atoms with Crippen LogP contribution in [0.5, 0.6) is 17.2 Å². The molecule has 0 heterocycles. The normalized spacial score (nSPS) is 9.17. The molecule has 0 saturated heterocycles. The first-order valence-electron chi connectivity index (χ1n) is 6.70. The summed E-state index contributed by atoms with van der Waals surface area (Å²) in [5.74, 6) is -1.46. The summed E-state index contributed by atoms with van der Waals surface area (Å²) in [5, 5.41) is 37.5. The monoisotopic (exact) mass is 328 g/mol. The van der Waals surface area contributed by atoms with E-state index in [1.807, 2.05) is 43.2 Å². The lowest BCUT2D eigenvalue weighted by atomic mass is 10.1. The zero-order valence-corrected chi connectivity index (χ0v) is 12.6. The highest BCUT2D eigenvalue weighted by molar-refractivity contribution is 5.91. The third kappa shape index (κ3) is 4.74. The van der Waals surface area contributed by atoms with Crippen LogP contribution in [-0.4, -0.2) is 33.2 Å². The highest BCUT2D eigenvalue weighted by Crippen LogP contribution is 2.23. The molecular weight excluding hydrogens is 312 g/mol. The second kappa shape index (κ2) is 8.79. The van der Waals surface area contributed by atoms with Crippen molar-refractivity contribution in [3.05, 3.63) is 66.2 Å². The van der Waals surface area contributed by atoms with Crippen LogP contribution < -0.4 is 0 Å². The number of aromatic hydroxyl groups is 3. The fourth-order valence-corrected chi connectivity index (χ4v) is 1.91. The molecule has 0 atom stereocenters. The largest absolute Gasteiger partial charge is 0.508 e. The number of aromatic carboxylic acids is 1. The quantitative estimate of drug-likeness (QED) is 0.545. The number of phenolic OH excluding ortho intramolecular Hbond substituents is 2. The van der Waals surface area contributed by atoms with E-state index >= 15 is 0 Å². The molecule has 3 aromatic carbocycles. The summed E-state index contributed by atoms with van der Waals surface area (Å²) in [7, 11) is 0. The SMILES string of the molecule is C=O.O=C(O)c1ccc(O)cc1O.Oc1cccc2ccccc12. The summed E-state index contributed by atoms with van der Waals surface area (Å²) in [5.41, 5.74) is -0.220. The Balaban J connectivity index is 0.000000218. The lowest BCUT2D eigenvalue weighted by molar-refractivity contribution is -0.0980. The number of carboxylic acids is 1.